The Hall–Kier alpha value is -1.12. The summed E-state index contributed by atoms with van der Waals surface area (Å²) in [5.74, 6) is -0.294. The summed E-state index contributed by atoms with van der Waals surface area (Å²) >= 11 is 2.35. The minimum atomic E-state index is -0.530. The van der Waals surface area contributed by atoms with E-state index in [2.05, 4.69) is 32.9 Å². The first kappa shape index (κ1) is 14.9. The van der Waals surface area contributed by atoms with Crippen LogP contribution in [0.4, 0.5) is 5.69 Å². The zero-order valence-electron chi connectivity index (χ0n) is 9.95. The van der Waals surface area contributed by atoms with Crippen LogP contribution < -0.4 is 5.32 Å². The smallest absolute Gasteiger partial charge is 0.287 e. The van der Waals surface area contributed by atoms with Crippen LogP contribution in [0.5, 0.6) is 0 Å². The number of hydrogen-bond donors (Lipinski definition) is 2. The lowest BCUT2D eigenvalue weighted by Crippen LogP contribution is -2.24. The van der Waals surface area contributed by atoms with Gasteiger partial charge in [0.15, 0.2) is 0 Å². The van der Waals surface area contributed by atoms with Crippen molar-refractivity contribution < 1.29 is 9.72 Å². The quantitative estimate of drug-likeness (QED) is 0.244. The molecule has 1 rings (SSSR count). The first-order valence-electron chi connectivity index (χ1n) is 5.82. The average Bonchev–Trinajstić information content (AvgIpc) is 2.83. The maximum atomic E-state index is 11.6. The molecule has 0 aliphatic carbocycles. The number of nitro groups is 1. The standard InChI is InChI=1S/C11H16IN3O3/c12-5-3-1-2-4-6-13-11(16)10-7-9(8-14-10)15(17)18/h7-8,14H,1-6H2,(H,13,16). The zero-order valence-corrected chi connectivity index (χ0v) is 12.1. The summed E-state index contributed by atoms with van der Waals surface area (Å²) in [6.07, 6.45) is 5.62. The van der Waals surface area contributed by atoms with Crippen LogP contribution >= 0.6 is 22.6 Å². The molecule has 0 saturated heterocycles. The SMILES string of the molecule is O=C(NCCCCCCI)c1cc([N+](=O)[O-])c[nH]1. The number of carbonyl (C=O) groups is 1. The third-order valence-corrected chi connectivity index (χ3v) is 3.23. The van der Waals surface area contributed by atoms with E-state index in [9.17, 15) is 14.9 Å². The highest BCUT2D eigenvalue weighted by molar-refractivity contribution is 14.1. The summed E-state index contributed by atoms with van der Waals surface area (Å²) in [6, 6.07) is 1.24. The third-order valence-electron chi connectivity index (χ3n) is 2.47. The first-order valence-corrected chi connectivity index (χ1v) is 7.34. The highest BCUT2D eigenvalue weighted by atomic mass is 127. The van der Waals surface area contributed by atoms with Crippen LogP contribution in [-0.2, 0) is 0 Å². The predicted octanol–water partition coefficient (Wildman–Crippen LogP) is 2.65. The Kier molecular flexibility index (Phi) is 6.69. The van der Waals surface area contributed by atoms with Crippen LogP contribution in [-0.4, -0.2) is 26.8 Å². The fourth-order valence-electron chi connectivity index (χ4n) is 1.49. The van der Waals surface area contributed by atoms with Crippen LogP contribution in [0, 0.1) is 10.1 Å². The van der Waals surface area contributed by atoms with E-state index in [1.54, 1.807) is 0 Å². The second kappa shape index (κ2) is 8.06. The van der Waals surface area contributed by atoms with Crippen molar-refractivity contribution in [2.24, 2.45) is 0 Å². The Morgan fingerprint density at radius 2 is 2.11 bits per heavy atom. The fraction of sp³-hybridized carbons (Fsp3) is 0.545. The molecule has 0 aliphatic rings. The Balaban J connectivity index is 2.25. The van der Waals surface area contributed by atoms with Crippen molar-refractivity contribution in [2.75, 3.05) is 11.0 Å². The molecule has 1 heterocycles. The molecule has 2 N–H and O–H groups in total. The summed E-state index contributed by atoms with van der Waals surface area (Å²) in [5.41, 5.74) is 0.135. The van der Waals surface area contributed by atoms with E-state index >= 15 is 0 Å². The van der Waals surface area contributed by atoms with Gasteiger partial charge in [-0.25, -0.2) is 0 Å². The van der Waals surface area contributed by atoms with Gasteiger partial charge in [0.05, 0.1) is 11.1 Å². The van der Waals surface area contributed by atoms with Gasteiger partial charge >= 0.3 is 0 Å². The van der Waals surface area contributed by atoms with E-state index in [-0.39, 0.29) is 17.3 Å². The molecule has 0 radical (unpaired) electrons. The molecule has 0 aliphatic heterocycles. The van der Waals surface area contributed by atoms with Gasteiger partial charge in [-0.15, -0.1) is 0 Å². The van der Waals surface area contributed by atoms with Gasteiger partial charge in [0, 0.05) is 12.6 Å². The highest BCUT2D eigenvalue weighted by Gasteiger charge is 2.13. The second-order valence-electron chi connectivity index (χ2n) is 3.89. The predicted molar refractivity (Wildman–Crippen MR) is 77.1 cm³/mol. The number of nitrogens with one attached hydrogen (secondary N) is 2. The zero-order chi connectivity index (χ0) is 13.4. The summed E-state index contributed by atoms with van der Waals surface area (Å²) in [4.78, 5) is 24.1. The number of alkyl halides is 1. The lowest BCUT2D eigenvalue weighted by Gasteiger charge is -2.02. The Bertz CT molecular complexity index is 406. The summed E-state index contributed by atoms with van der Waals surface area (Å²) in [6.45, 7) is 0.604. The molecule has 0 fully saturated rings. The molecule has 18 heavy (non-hydrogen) atoms. The lowest BCUT2D eigenvalue weighted by molar-refractivity contribution is -0.384. The number of unbranched alkanes of at least 4 members (excludes halogenated alkanes) is 3. The normalized spacial score (nSPS) is 10.3. The number of aromatic nitrogens is 1. The molecule has 0 saturated carbocycles. The van der Waals surface area contributed by atoms with E-state index in [0.717, 1.165) is 17.3 Å². The first-order chi connectivity index (χ1) is 8.65. The van der Waals surface area contributed by atoms with Crippen molar-refractivity contribution >= 4 is 34.2 Å². The number of hydrogen-bond acceptors (Lipinski definition) is 3. The van der Waals surface area contributed by atoms with Crippen LogP contribution in [0.3, 0.4) is 0 Å². The Morgan fingerprint density at radius 3 is 2.72 bits per heavy atom. The molecule has 1 amide bonds. The molecular formula is C11H16IN3O3. The number of nitrogens with zero attached hydrogens (tertiary/aromatic N) is 1. The average molecular weight is 365 g/mol. The van der Waals surface area contributed by atoms with Gasteiger partial charge in [-0.1, -0.05) is 35.4 Å². The van der Waals surface area contributed by atoms with Gasteiger partial charge in [0.2, 0.25) is 0 Å². The summed E-state index contributed by atoms with van der Waals surface area (Å²) < 4.78 is 1.16. The minimum absolute atomic E-state index is 0.0952. The van der Waals surface area contributed by atoms with Gasteiger partial charge in [0.1, 0.15) is 5.69 Å². The number of rotatable bonds is 8. The van der Waals surface area contributed by atoms with Crippen molar-refractivity contribution in [1.29, 1.82) is 0 Å². The Labute approximate surface area is 119 Å². The van der Waals surface area contributed by atoms with Crippen molar-refractivity contribution in [3.8, 4) is 0 Å². The van der Waals surface area contributed by atoms with Crippen molar-refractivity contribution in [3.05, 3.63) is 28.1 Å². The molecular weight excluding hydrogens is 349 g/mol. The molecule has 1 aromatic rings. The number of H-pyrrole nitrogens is 1. The molecule has 1 aromatic heterocycles. The van der Waals surface area contributed by atoms with E-state index in [1.807, 2.05) is 0 Å². The third kappa shape index (κ3) is 5.03. The largest absolute Gasteiger partial charge is 0.351 e. The molecule has 6 nitrogen and oxygen atoms in total. The van der Waals surface area contributed by atoms with Crippen molar-refractivity contribution in [1.82, 2.24) is 10.3 Å². The molecule has 0 atom stereocenters. The Morgan fingerprint density at radius 1 is 1.39 bits per heavy atom. The fourth-order valence-corrected chi connectivity index (χ4v) is 2.03. The molecule has 7 heteroatoms. The van der Waals surface area contributed by atoms with E-state index in [1.165, 1.54) is 25.1 Å². The minimum Gasteiger partial charge on any atom is -0.351 e. The van der Waals surface area contributed by atoms with E-state index in [4.69, 9.17) is 0 Å². The van der Waals surface area contributed by atoms with Crippen LogP contribution in [0.15, 0.2) is 12.3 Å². The number of aromatic amines is 1. The van der Waals surface area contributed by atoms with Gasteiger partial charge in [0.25, 0.3) is 11.6 Å². The van der Waals surface area contributed by atoms with Gasteiger partial charge in [-0.05, 0) is 17.3 Å². The number of amides is 1. The van der Waals surface area contributed by atoms with Crippen LogP contribution in [0.25, 0.3) is 0 Å². The van der Waals surface area contributed by atoms with Gasteiger partial charge < -0.3 is 10.3 Å². The summed E-state index contributed by atoms with van der Waals surface area (Å²) in [5, 5.41) is 13.2. The molecule has 0 bridgehead atoms. The van der Waals surface area contributed by atoms with Gasteiger partial charge in [-0.3, -0.25) is 14.9 Å². The maximum Gasteiger partial charge on any atom is 0.287 e. The van der Waals surface area contributed by atoms with E-state index in [0.29, 0.717) is 6.54 Å². The topological polar surface area (TPSA) is 88.0 Å². The second-order valence-corrected chi connectivity index (χ2v) is 4.97. The van der Waals surface area contributed by atoms with Gasteiger partial charge in [-0.2, -0.15) is 0 Å². The number of halogens is 1. The number of carbonyl (C=O) groups excluding carboxylic acids is 1. The molecule has 0 spiro atoms. The molecule has 0 unspecified atom stereocenters. The lowest BCUT2D eigenvalue weighted by atomic mass is 10.2. The summed E-state index contributed by atoms with van der Waals surface area (Å²) in [7, 11) is 0. The maximum absolute atomic E-state index is 11.6. The van der Waals surface area contributed by atoms with Crippen LogP contribution in [0.1, 0.15) is 36.2 Å². The van der Waals surface area contributed by atoms with Crippen LogP contribution in [0.2, 0.25) is 0 Å². The van der Waals surface area contributed by atoms with Crippen molar-refractivity contribution in [3.63, 3.8) is 0 Å². The van der Waals surface area contributed by atoms with E-state index < -0.39 is 4.92 Å². The molecule has 100 valence electrons. The molecule has 0 aromatic carbocycles. The van der Waals surface area contributed by atoms with Crippen molar-refractivity contribution in [2.45, 2.75) is 25.7 Å². The highest BCUT2D eigenvalue weighted by Crippen LogP contribution is 2.11. The monoisotopic (exact) mass is 365 g/mol.